The Morgan fingerprint density at radius 2 is 1.54 bits per heavy atom. The first kappa shape index (κ1) is 38.3. The zero-order valence-corrected chi connectivity index (χ0v) is 30.3. The molecule has 0 spiro atoms. The molecule has 2 aromatic carbocycles. The van der Waals surface area contributed by atoms with E-state index in [1.807, 2.05) is 75.3 Å². The molecule has 2 aliphatic carbocycles. The summed E-state index contributed by atoms with van der Waals surface area (Å²) in [5.74, 6) is -1.28. The summed E-state index contributed by atoms with van der Waals surface area (Å²) in [5, 5.41) is 30.3. The number of rotatable bonds is 19. The van der Waals surface area contributed by atoms with Crippen molar-refractivity contribution in [3.8, 4) is 0 Å². The van der Waals surface area contributed by atoms with Crippen LogP contribution in [0.3, 0.4) is 0 Å². The summed E-state index contributed by atoms with van der Waals surface area (Å²) in [6.45, 7) is 4.33. The highest BCUT2D eigenvalue weighted by Crippen LogP contribution is 2.34. The van der Waals surface area contributed by atoms with Crippen LogP contribution in [0.1, 0.15) is 83.6 Å². The number of amides is 2. The predicted molar refractivity (Wildman–Crippen MR) is 192 cm³/mol. The molecule has 2 aliphatic rings. The predicted octanol–water partition coefficient (Wildman–Crippen LogP) is 4.48. The second kappa shape index (κ2) is 17.9. The van der Waals surface area contributed by atoms with E-state index < -0.39 is 46.0 Å². The molecule has 268 valence electrons. The van der Waals surface area contributed by atoms with E-state index >= 15 is 0 Å². The van der Waals surface area contributed by atoms with Crippen molar-refractivity contribution in [3.05, 3.63) is 48.0 Å². The van der Waals surface area contributed by atoms with Crippen LogP contribution < -0.4 is 10.6 Å². The molecule has 0 aliphatic heterocycles. The Morgan fingerprint density at radius 1 is 0.875 bits per heavy atom. The van der Waals surface area contributed by atoms with Gasteiger partial charge in [-0.2, -0.15) is 0 Å². The number of nitrogens with zero attached hydrogens (tertiary/aromatic N) is 1. The van der Waals surface area contributed by atoms with Gasteiger partial charge in [-0.25, -0.2) is 8.42 Å². The Hall–Kier alpha value is -2.53. The van der Waals surface area contributed by atoms with Crippen LogP contribution in [0.5, 0.6) is 0 Å². The van der Waals surface area contributed by atoms with Gasteiger partial charge in [0.05, 0.1) is 29.6 Å². The second-order valence-corrected chi connectivity index (χ2v) is 17.5. The molecule has 0 heterocycles. The van der Waals surface area contributed by atoms with Crippen molar-refractivity contribution in [2.75, 3.05) is 32.1 Å². The molecule has 2 aromatic rings. The van der Waals surface area contributed by atoms with E-state index in [1.54, 1.807) is 0 Å². The van der Waals surface area contributed by atoms with E-state index in [0.29, 0.717) is 37.6 Å². The summed E-state index contributed by atoms with van der Waals surface area (Å²) in [7, 11) is 0.0509. The zero-order chi connectivity index (χ0) is 34.8. The number of sulfone groups is 1. The minimum absolute atomic E-state index is 0.0626. The Balaban J connectivity index is 1.54. The minimum Gasteiger partial charge on any atom is -0.390 e. The third kappa shape index (κ3) is 12.4. The van der Waals surface area contributed by atoms with Crippen molar-refractivity contribution in [2.24, 2.45) is 23.7 Å². The molecule has 0 unspecified atom stereocenters. The lowest BCUT2D eigenvalue weighted by atomic mass is 9.82. The molecule has 2 saturated carbocycles. The molecule has 0 radical (unpaired) electrons. The molecule has 2 amide bonds. The Labute approximate surface area is 288 Å². The van der Waals surface area contributed by atoms with Crippen LogP contribution in [0.2, 0.25) is 0 Å². The summed E-state index contributed by atoms with van der Waals surface area (Å²) in [4.78, 5) is 29.9. The Morgan fingerprint density at radius 3 is 2.19 bits per heavy atom. The molecule has 48 heavy (non-hydrogen) atoms. The quantitative estimate of drug-likeness (QED) is 0.171. The highest BCUT2D eigenvalue weighted by Gasteiger charge is 2.37. The van der Waals surface area contributed by atoms with Crippen LogP contribution in [0.4, 0.5) is 0 Å². The fourth-order valence-electron chi connectivity index (χ4n) is 7.04. The number of aliphatic hydroxyl groups is 2. The summed E-state index contributed by atoms with van der Waals surface area (Å²) >= 11 is 0. The molecule has 10 heteroatoms. The van der Waals surface area contributed by atoms with Gasteiger partial charge in [-0.1, -0.05) is 101 Å². The monoisotopic (exact) mass is 685 g/mol. The lowest BCUT2D eigenvalue weighted by molar-refractivity contribution is -0.132. The van der Waals surface area contributed by atoms with Crippen molar-refractivity contribution >= 4 is 32.4 Å². The number of carbonyl (C=O) groups is 2. The molecule has 4 N–H and O–H groups in total. The third-order valence-corrected chi connectivity index (χ3v) is 11.7. The molecule has 9 nitrogen and oxygen atoms in total. The van der Waals surface area contributed by atoms with Gasteiger partial charge < -0.3 is 25.7 Å². The van der Waals surface area contributed by atoms with Gasteiger partial charge in [0, 0.05) is 6.54 Å². The first-order valence-corrected chi connectivity index (χ1v) is 19.9. The highest BCUT2D eigenvalue weighted by molar-refractivity contribution is 7.91. The normalized spacial score (nSPS) is 19.2. The van der Waals surface area contributed by atoms with Gasteiger partial charge in [0.2, 0.25) is 11.8 Å². The van der Waals surface area contributed by atoms with E-state index in [9.17, 15) is 28.2 Å². The van der Waals surface area contributed by atoms with E-state index in [-0.39, 0.29) is 29.8 Å². The van der Waals surface area contributed by atoms with Gasteiger partial charge in [0.1, 0.15) is 12.1 Å². The summed E-state index contributed by atoms with van der Waals surface area (Å²) in [5.41, 5.74) is 0.856. The molecule has 0 saturated heterocycles. The topological polar surface area (TPSA) is 136 Å². The Bertz CT molecular complexity index is 1440. The average Bonchev–Trinajstić information content (AvgIpc) is 3.86. The fourth-order valence-corrected chi connectivity index (χ4v) is 8.73. The number of aliphatic hydroxyl groups excluding tert-OH is 2. The van der Waals surface area contributed by atoms with Crippen molar-refractivity contribution in [1.29, 1.82) is 0 Å². The first-order valence-electron chi connectivity index (χ1n) is 18.1. The standard InChI is InChI=1S/C38H59N3O6S/c1-26(2)20-35(42)36(43)33(23-27-10-6-5-7-11-27)39-38(45)34(24-28-14-15-28)40-37(44)32(25-48(46,47)19-18-41(3)4)22-29-16-17-30-12-8-9-13-31(30)21-29/h8-9,12-13,16-17,21,26-28,32-36,42-43H,5-7,10-11,14-15,18-20,22-25H2,1-4H3,(H,39,45)(H,40,44)/t32-,33+,34+,35+,36-/m1/s1. The van der Waals surface area contributed by atoms with Crippen LogP contribution in [0.15, 0.2) is 42.5 Å². The largest absolute Gasteiger partial charge is 0.390 e. The van der Waals surface area contributed by atoms with Gasteiger partial charge in [0.15, 0.2) is 9.84 Å². The molecule has 0 bridgehead atoms. The maximum absolute atomic E-state index is 14.1. The van der Waals surface area contributed by atoms with Crippen molar-refractivity contribution in [2.45, 2.75) is 109 Å². The van der Waals surface area contributed by atoms with E-state index in [0.717, 1.165) is 54.9 Å². The number of nitrogens with one attached hydrogen (secondary N) is 2. The maximum Gasteiger partial charge on any atom is 0.242 e. The van der Waals surface area contributed by atoms with Gasteiger partial charge in [-0.05, 0) is 73.9 Å². The fraction of sp³-hybridized carbons (Fsp3) is 0.684. The minimum atomic E-state index is -3.58. The maximum atomic E-state index is 14.1. The molecular weight excluding hydrogens is 627 g/mol. The van der Waals surface area contributed by atoms with Crippen LogP contribution in [-0.4, -0.2) is 91.8 Å². The number of carbonyl (C=O) groups excluding carboxylic acids is 2. The smallest absolute Gasteiger partial charge is 0.242 e. The van der Waals surface area contributed by atoms with Crippen molar-refractivity contribution < 1.29 is 28.2 Å². The summed E-state index contributed by atoms with van der Waals surface area (Å²) in [6.07, 6.45) is 6.98. The van der Waals surface area contributed by atoms with Gasteiger partial charge >= 0.3 is 0 Å². The highest BCUT2D eigenvalue weighted by atomic mass is 32.2. The second-order valence-electron chi connectivity index (χ2n) is 15.3. The molecular formula is C38H59N3O6S. The summed E-state index contributed by atoms with van der Waals surface area (Å²) < 4.78 is 26.5. The average molecular weight is 686 g/mol. The number of benzene rings is 2. The molecule has 5 atom stereocenters. The molecule has 2 fully saturated rings. The van der Waals surface area contributed by atoms with E-state index in [4.69, 9.17) is 0 Å². The zero-order valence-electron chi connectivity index (χ0n) is 29.4. The first-order chi connectivity index (χ1) is 22.8. The van der Waals surface area contributed by atoms with Crippen LogP contribution in [0, 0.1) is 23.7 Å². The van der Waals surface area contributed by atoms with Crippen molar-refractivity contribution in [3.63, 3.8) is 0 Å². The van der Waals surface area contributed by atoms with Gasteiger partial charge in [-0.3, -0.25) is 9.59 Å². The van der Waals surface area contributed by atoms with E-state index in [1.165, 1.54) is 6.42 Å². The number of fused-ring (bicyclic) bond motifs is 1. The number of hydrogen-bond acceptors (Lipinski definition) is 7. The Kier molecular flexibility index (Phi) is 14.3. The molecule has 4 rings (SSSR count). The van der Waals surface area contributed by atoms with Gasteiger partial charge in [0.25, 0.3) is 0 Å². The van der Waals surface area contributed by atoms with Crippen LogP contribution >= 0.6 is 0 Å². The van der Waals surface area contributed by atoms with E-state index in [2.05, 4.69) is 10.6 Å². The summed E-state index contributed by atoms with van der Waals surface area (Å²) in [6, 6.07) is 12.3. The third-order valence-electron chi connectivity index (χ3n) is 10.0. The lowest BCUT2D eigenvalue weighted by Gasteiger charge is -2.34. The van der Waals surface area contributed by atoms with Crippen LogP contribution in [-0.2, 0) is 25.8 Å². The number of hydrogen-bond donors (Lipinski definition) is 4. The van der Waals surface area contributed by atoms with Gasteiger partial charge in [-0.15, -0.1) is 0 Å². The lowest BCUT2D eigenvalue weighted by Crippen LogP contribution is -2.56. The molecule has 0 aromatic heterocycles. The van der Waals surface area contributed by atoms with Crippen molar-refractivity contribution in [1.82, 2.24) is 15.5 Å². The van der Waals surface area contributed by atoms with Crippen LogP contribution in [0.25, 0.3) is 10.8 Å². The SMILES string of the molecule is CC(C)C[C@H](O)[C@H](O)[C@H](CC1CCCCC1)NC(=O)[C@H](CC1CC1)NC(=O)[C@H](Cc1ccc2ccccc2c1)CS(=O)(=O)CCN(C)C.